The Bertz CT molecular complexity index is 873. The van der Waals surface area contributed by atoms with E-state index in [4.69, 9.17) is 16.3 Å². The molecule has 3 rings (SSSR count). The fraction of sp³-hybridized carbons (Fsp3) is 0.188. The van der Waals surface area contributed by atoms with Crippen LogP contribution in [0.3, 0.4) is 0 Å². The molecule has 1 aromatic heterocycles. The van der Waals surface area contributed by atoms with Gasteiger partial charge in [-0.2, -0.15) is 13.2 Å². The third kappa shape index (κ3) is 3.72. The molecule has 1 N–H and O–H groups in total. The van der Waals surface area contributed by atoms with E-state index in [9.17, 15) is 22.8 Å². The lowest BCUT2D eigenvalue weighted by molar-refractivity contribution is -0.137. The number of hydrogen-bond acceptors (Lipinski definition) is 4. The van der Waals surface area contributed by atoms with E-state index in [1.807, 2.05) is 0 Å². The molecule has 0 bridgehead atoms. The normalized spacial score (nSPS) is 13.8. The van der Waals surface area contributed by atoms with E-state index in [0.29, 0.717) is 5.75 Å². The Morgan fingerprint density at radius 1 is 1.35 bits per heavy atom. The first-order valence-electron chi connectivity index (χ1n) is 7.30. The van der Waals surface area contributed by atoms with Crippen molar-refractivity contribution in [3.63, 3.8) is 0 Å². The van der Waals surface area contributed by atoms with Crippen LogP contribution in [0.5, 0.6) is 5.75 Å². The van der Waals surface area contributed by atoms with Gasteiger partial charge in [-0.1, -0.05) is 11.6 Å². The molecule has 0 unspecified atom stereocenters. The summed E-state index contributed by atoms with van der Waals surface area (Å²) in [6, 6.07) is 6.21. The number of pyridine rings is 1. The minimum absolute atomic E-state index is 0.0892. The Hall–Kier alpha value is -2.81. The zero-order valence-electron chi connectivity index (χ0n) is 13.0. The third-order valence-electron chi connectivity index (χ3n) is 3.52. The minimum atomic E-state index is -4.65. The predicted octanol–water partition coefficient (Wildman–Crippen LogP) is 3.12. The second kappa shape index (κ2) is 6.83. The van der Waals surface area contributed by atoms with Crippen LogP contribution in [0.4, 0.5) is 24.7 Å². The molecule has 1 aliphatic rings. The number of aromatic nitrogens is 1. The van der Waals surface area contributed by atoms with Gasteiger partial charge < -0.3 is 10.1 Å². The number of ether oxygens (including phenoxy) is 1. The number of hydrogen-bond donors (Lipinski definition) is 1. The van der Waals surface area contributed by atoms with Gasteiger partial charge >= 0.3 is 6.18 Å². The van der Waals surface area contributed by atoms with E-state index in [2.05, 4.69) is 10.3 Å². The Labute approximate surface area is 150 Å². The molecule has 136 valence electrons. The fourth-order valence-electron chi connectivity index (χ4n) is 2.36. The van der Waals surface area contributed by atoms with E-state index in [1.54, 1.807) is 12.1 Å². The Morgan fingerprint density at radius 3 is 2.85 bits per heavy atom. The van der Waals surface area contributed by atoms with Gasteiger partial charge in [0, 0.05) is 11.9 Å². The molecule has 1 aliphatic heterocycles. The van der Waals surface area contributed by atoms with E-state index in [0.717, 1.165) is 17.0 Å². The largest absolute Gasteiger partial charge is 0.480 e. The van der Waals surface area contributed by atoms with E-state index in [-0.39, 0.29) is 18.1 Å². The van der Waals surface area contributed by atoms with Gasteiger partial charge in [-0.15, -0.1) is 0 Å². The number of amides is 2. The molecule has 2 amide bonds. The quantitative estimate of drug-likeness (QED) is 0.881. The number of benzene rings is 1. The summed E-state index contributed by atoms with van der Waals surface area (Å²) in [6.07, 6.45) is -3.22. The monoisotopic (exact) mass is 385 g/mol. The highest BCUT2D eigenvalue weighted by molar-refractivity contribution is 6.31. The second-order valence-corrected chi connectivity index (χ2v) is 5.74. The van der Waals surface area contributed by atoms with Gasteiger partial charge in [-0.3, -0.25) is 14.5 Å². The average molecular weight is 386 g/mol. The molecule has 0 fully saturated rings. The zero-order valence-corrected chi connectivity index (χ0v) is 13.8. The molecule has 0 radical (unpaired) electrons. The maximum Gasteiger partial charge on any atom is 0.417 e. The Morgan fingerprint density at radius 2 is 2.12 bits per heavy atom. The first kappa shape index (κ1) is 18.0. The topological polar surface area (TPSA) is 71.5 Å². The first-order valence-corrected chi connectivity index (χ1v) is 7.68. The molecule has 0 saturated heterocycles. The summed E-state index contributed by atoms with van der Waals surface area (Å²) in [5, 5.41) is 1.85. The first-order chi connectivity index (χ1) is 12.3. The lowest BCUT2D eigenvalue weighted by Gasteiger charge is -2.27. The lowest BCUT2D eigenvalue weighted by atomic mass is 10.2. The molecule has 2 heterocycles. The predicted molar refractivity (Wildman–Crippen MR) is 87.2 cm³/mol. The van der Waals surface area contributed by atoms with Crippen molar-refractivity contribution in [1.29, 1.82) is 0 Å². The highest BCUT2D eigenvalue weighted by Crippen LogP contribution is 2.36. The van der Waals surface area contributed by atoms with Crippen LogP contribution in [0, 0.1) is 0 Å². The summed E-state index contributed by atoms with van der Waals surface area (Å²) >= 11 is 5.54. The van der Waals surface area contributed by atoms with Crippen molar-refractivity contribution in [2.45, 2.75) is 6.18 Å². The SMILES string of the molecule is O=C(CN1C(=O)COc2cccnc21)Nc1ccc(Cl)c(C(F)(F)F)c1. The number of carbonyl (C=O) groups is 2. The van der Waals surface area contributed by atoms with Crippen molar-refractivity contribution < 1.29 is 27.5 Å². The number of carbonyl (C=O) groups excluding carboxylic acids is 2. The smallest absolute Gasteiger partial charge is 0.417 e. The third-order valence-corrected chi connectivity index (χ3v) is 3.85. The van der Waals surface area contributed by atoms with Crippen LogP contribution in [-0.2, 0) is 15.8 Å². The summed E-state index contributed by atoms with van der Waals surface area (Å²) in [4.78, 5) is 29.3. The number of fused-ring (bicyclic) bond motifs is 1. The standard InChI is InChI=1S/C16H11ClF3N3O3/c17-11-4-3-9(6-10(11)16(18,19)20)22-13(24)7-23-14(25)8-26-12-2-1-5-21-15(12)23/h1-6H,7-8H2,(H,22,24). The van der Waals surface area contributed by atoms with Crippen molar-refractivity contribution in [3.05, 3.63) is 47.1 Å². The Balaban J connectivity index is 1.77. The second-order valence-electron chi connectivity index (χ2n) is 5.33. The molecule has 0 aliphatic carbocycles. The van der Waals surface area contributed by atoms with Gasteiger partial charge in [0.1, 0.15) is 6.54 Å². The van der Waals surface area contributed by atoms with Gasteiger partial charge in [0.15, 0.2) is 18.2 Å². The Kier molecular flexibility index (Phi) is 4.73. The molecule has 1 aromatic carbocycles. The molecule has 26 heavy (non-hydrogen) atoms. The maximum atomic E-state index is 12.9. The van der Waals surface area contributed by atoms with Crippen LogP contribution in [0.25, 0.3) is 0 Å². The number of nitrogens with zero attached hydrogens (tertiary/aromatic N) is 2. The van der Waals surface area contributed by atoms with Crippen LogP contribution in [-0.4, -0.2) is 29.9 Å². The summed E-state index contributed by atoms with van der Waals surface area (Å²) in [6.45, 7) is -0.679. The summed E-state index contributed by atoms with van der Waals surface area (Å²) < 4.78 is 43.9. The minimum Gasteiger partial charge on any atom is -0.480 e. The highest BCUT2D eigenvalue weighted by Gasteiger charge is 2.34. The number of alkyl halides is 3. The highest BCUT2D eigenvalue weighted by atomic mass is 35.5. The van der Waals surface area contributed by atoms with Crippen LogP contribution < -0.4 is 15.0 Å². The lowest BCUT2D eigenvalue weighted by Crippen LogP contribution is -2.43. The van der Waals surface area contributed by atoms with Gasteiger partial charge in [-0.05, 0) is 30.3 Å². The number of rotatable bonds is 3. The van der Waals surface area contributed by atoms with Crippen LogP contribution in [0.2, 0.25) is 5.02 Å². The van der Waals surface area contributed by atoms with Crippen LogP contribution in [0.1, 0.15) is 5.56 Å². The summed E-state index contributed by atoms with van der Waals surface area (Å²) in [5.74, 6) is -0.664. The van der Waals surface area contributed by atoms with Crippen molar-refractivity contribution in [2.24, 2.45) is 0 Å². The number of anilines is 2. The molecule has 6 nitrogen and oxygen atoms in total. The van der Waals surface area contributed by atoms with Crippen molar-refractivity contribution in [2.75, 3.05) is 23.4 Å². The van der Waals surface area contributed by atoms with Crippen LogP contribution >= 0.6 is 11.6 Å². The fourth-order valence-corrected chi connectivity index (χ4v) is 2.59. The molecule has 0 spiro atoms. The van der Waals surface area contributed by atoms with Gasteiger partial charge in [0.05, 0.1) is 10.6 Å². The maximum absolute atomic E-state index is 12.9. The van der Waals surface area contributed by atoms with E-state index >= 15 is 0 Å². The van der Waals surface area contributed by atoms with Crippen LogP contribution in [0.15, 0.2) is 36.5 Å². The van der Waals surface area contributed by atoms with Crippen molar-refractivity contribution in [1.82, 2.24) is 4.98 Å². The number of nitrogens with one attached hydrogen (secondary N) is 1. The van der Waals surface area contributed by atoms with Gasteiger partial charge in [0.2, 0.25) is 5.91 Å². The zero-order chi connectivity index (χ0) is 18.9. The molecule has 0 saturated carbocycles. The summed E-state index contributed by atoms with van der Waals surface area (Å²) in [7, 11) is 0. The van der Waals surface area contributed by atoms with Crippen molar-refractivity contribution in [3.8, 4) is 5.75 Å². The molecule has 2 aromatic rings. The van der Waals surface area contributed by atoms with Gasteiger partial charge in [-0.25, -0.2) is 4.98 Å². The molecular weight excluding hydrogens is 375 g/mol. The summed E-state index contributed by atoms with van der Waals surface area (Å²) in [5.41, 5.74) is -1.15. The molecule has 0 atom stereocenters. The van der Waals surface area contributed by atoms with E-state index < -0.39 is 35.1 Å². The number of halogens is 4. The molecule has 10 heteroatoms. The molecular formula is C16H11ClF3N3O3. The van der Waals surface area contributed by atoms with E-state index in [1.165, 1.54) is 12.3 Å². The average Bonchev–Trinajstić information content (AvgIpc) is 2.58. The van der Waals surface area contributed by atoms with Crippen molar-refractivity contribution >= 4 is 34.9 Å². The van der Waals surface area contributed by atoms with Gasteiger partial charge in [0.25, 0.3) is 5.91 Å².